The van der Waals surface area contributed by atoms with E-state index in [1.807, 2.05) is 23.5 Å². The van der Waals surface area contributed by atoms with Crippen LogP contribution in [0.3, 0.4) is 0 Å². The van der Waals surface area contributed by atoms with Crippen molar-refractivity contribution in [3.63, 3.8) is 0 Å². The number of thiophene rings is 1. The van der Waals surface area contributed by atoms with Gasteiger partial charge in [0.05, 0.1) is 11.5 Å². The first-order chi connectivity index (χ1) is 12.2. The van der Waals surface area contributed by atoms with Crippen LogP contribution in [0.2, 0.25) is 0 Å². The van der Waals surface area contributed by atoms with Crippen LogP contribution in [0.1, 0.15) is 16.0 Å². The third-order valence-electron chi connectivity index (χ3n) is 4.11. The Balaban J connectivity index is 1.93. The van der Waals surface area contributed by atoms with Crippen LogP contribution in [0.4, 0.5) is 0 Å². The molecule has 25 heavy (non-hydrogen) atoms. The summed E-state index contributed by atoms with van der Waals surface area (Å²) in [5, 5.41) is 4.22. The van der Waals surface area contributed by atoms with E-state index in [9.17, 15) is 4.79 Å². The number of hydrogen-bond donors (Lipinski definition) is 1. The van der Waals surface area contributed by atoms with Gasteiger partial charge < -0.3 is 10.1 Å². The van der Waals surface area contributed by atoms with Gasteiger partial charge in [0.2, 0.25) is 5.91 Å². The second kappa shape index (κ2) is 8.67. The van der Waals surface area contributed by atoms with Gasteiger partial charge in [-0.1, -0.05) is 52.9 Å². The molecule has 1 heterocycles. The zero-order valence-corrected chi connectivity index (χ0v) is 17.0. The van der Waals surface area contributed by atoms with Crippen LogP contribution in [-0.4, -0.2) is 24.0 Å². The summed E-state index contributed by atoms with van der Waals surface area (Å²) < 4.78 is 7.16. The third kappa shape index (κ3) is 4.52. The zero-order valence-electron chi connectivity index (χ0n) is 14.0. The molecule has 2 aromatic carbocycles. The number of nitrogens with one attached hydrogen (secondary N) is 1. The lowest BCUT2D eigenvalue weighted by Gasteiger charge is -2.07. The van der Waals surface area contributed by atoms with E-state index < -0.39 is 0 Å². The number of benzene rings is 2. The van der Waals surface area contributed by atoms with Gasteiger partial charge in [-0.15, -0.1) is 11.3 Å². The standard InChI is InChI=1S/C20H20INO2S/c1-24-15-7-8-18-17(12-15)16(9-10-22-20(23)13-21)19(25-18)11-14-5-3-2-4-6-14/h2-8,12H,9-11,13H2,1H3,(H,22,23). The van der Waals surface area contributed by atoms with Gasteiger partial charge in [-0.2, -0.15) is 0 Å². The number of amides is 1. The molecule has 0 saturated carbocycles. The van der Waals surface area contributed by atoms with Crippen LogP contribution >= 0.6 is 33.9 Å². The Hall–Kier alpha value is -1.60. The summed E-state index contributed by atoms with van der Waals surface area (Å²) in [6.07, 6.45) is 1.75. The molecule has 3 aromatic rings. The third-order valence-corrected chi connectivity index (χ3v) is 6.01. The van der Waals surface area contributed by atoms with Gasteiger partial charge in [0.25, 0.3) is 0 Å². The number of methoxy groups -OCH3 is 1. The Labute approximate surface area is 165 Å². The minimum Gasteiger partial charge on any atom is -0.497 e. The van der Waals surface area contributed by atoms with Gasteiger partial charge in [0.1, 0.15) is 5.75 Å². The topological polar surface area (TPSA) is 38.3 Å². The van der Waals surface area contributed by atoms with Crippen molar-refractivity contribution in [2.75, 3.05) is 18.1 Å². The summed E-state index contributed by atoms with van der Waals surface area (Å²) in [6.45, 7) is 0.659. The van der Waals surface area contributed by atoms with Gasteiger partial charge in [-0.3, -0.25) is 4.79 Å². The number of ether oxygens (including phenoxy) is 1. The smallest absolute Gasteiger partial charge is 0.229 e. The molecule has 3 nitrogen and oxygen atoms in total. The molecule has 0 aliphatic heterocycles. The molecule has 5 heteroatoms. The highest BCUT2D eigenvalue weighted by molar-refractivity contribution is 14.1. The Bertz CT molecular complexity index is 861. The highest BCUT2D eigenvalue weighted by Crippen LogP contribution is 2.35. The Morgan fingerprint density at radius 2 is 2.00 bits per heavy atom. The van der Waals surface area contributed by atoms with E-state index in [2.05, 4.69) is 64.3 Å². The normalized spacial score (nSPS) is 10.8. The molecule has 0 fully saturated rings. The average molecular weight is 465 g/mol. The molecule has 1 N–H and O–H groups in total. The lowest BCUT2D eigenvalue weighted by Crippen LogP contribution is -2.26. The van der Waals surface area contributed by atoms with Gasteiger partial charge in [-0.25, -0.2) is 0 Å². The van der Waals surface area contributed by atoms with E-state index in [4.69, 9.17) is 4.74 Å². The summed E-state index contributed by atoms with van der Waals surface area (Å²) in [5.74, 6) is 0.955. The molecule has 3 rings (SSSR count). The maximum atomic E-state index is 11.5. The summed E-state index contributed by atoms with van der Waals surface area (Å²) in [5.41, 5.74) is 2.62. The van der Waals surface area contributed by atoms with E-state index in [1.54, 1.807) is 7.11 Å². The Morgan fingerprint density at radius 3 is 2.72 bits per heavy atom. The van der Waals surface area contributed by atoms with Gasteiger partial charge in [-0.05, 0) is 41.1 Å². The highest BCUT2D eigenvalue weighted by Gasteiger charge is 2.14. The molecule has 0 bridgehead atoms. The van der Waals surface area contributed by atoms with Crippen LogP contribution in [0, 0.1) is 0 Å². The number of carbonyl (C=O) groups excluding carboxylic acids is 1. The lowest BCUT2D eigenvalue weighted by molar-refractivity contribution is -0.118. The maximum absolute atomic E-state index is 11.5. The van der Waals surface area contributed by atoms with E-state index in [1.165, 1.54) is 26.1 Å². The van der Waals surface area contributed by atoms with Gasteiger partial charge >= 0.3 is 0 Å². The van der Waals surface area contributed by atoms with Crippen molar-refractivity contribution in [1.29, 1.82) is 0 Å². The number of carbonyl (C=O) groups is 1. The monoisotopic (exact) mass is 465 g/mol. The molecule has 0 radical (unpaired) electrons. The predicted octanol–water partition coefficient (Wildman–Crippen LogP) is 4.59. The van der Waals surface area contributed by atoms with Crippen LogP contribution in [-0.2, 0) is 17.6 Å². The number of halogens is 1. The first-order valence-corrected chi connectivity index (χ1v) is 10.5. The van der Waals surface area contributed by atoms with Crippen LogP contribution in [0.5, 0.6) is 5.75 Å². The Kier molecular flexibility index (Phi) is 6.31. The molecule has 0 aliphatic rings. The molecule has 0 atom stereocenters. The number of fused-ring (bicyclic) bond motifs is 1. The lowest BCUT2D eigenvalue weighted by atomic mass is 10.0. The molecule has 1 amide bonds. The van der Waals surface area contributed by atoms with Crippen LogP contribution in [0.25, 0.3) is 10.1 Å². The van der Waals surface area contributed by atoms with E-state index in [0.29, 0.717) is 11.0 Å². The van der Waals surface area contributed by atoms with Crippen molar-refractivity contribution in [2.24, 2.45) is 0 Å². The largest absolute Gasteiger partial charge is 0.497 e. The SMILES string of the molecule is COc1ccc2sc(Cc3ccccc3)c(CCNC(=O)CI)c2c1. The van der Waals surface area contributed by atoms with Crippen molar-refractivity contribution < 1.29 is 9.53 Å². The average Bonchev–Trinajstić information content (AvgIpc) is 2.98. The van der Waals surface area contributed by atoms with Gasteiger partial charge in [0.15, 0.2) is 0 Å². The van der Waals surface area contributed by atoms with Crippen LogP contribution in [0.15, 0.2) is 48.5 Å². The minimum atomic E-state index is 0.0855. The zero-order chi connectivity index (χ0) is 17.6. The molecule has 0 unspecified atom stereocenters. The molecular formula is C20H20INO2S. The van der Waals surface area contributed by atoms with Crippen molar-refractivity contribution >= 4 is 49.9 Å². The number of hydrogen-bond acceptors (Lipinski definition) is 3. The summed E-state index contributed by atoms with van der Waals surface area (Å²) >= 11 is 3.92. The molecule has 0 aliphatic carbocycles. The quantitative estimate of drug-likeness (QED) is 0.410. The van der Waals surface area contributed by atoms with Crippen molar-refractivity contribution in [1.82, 2.24) is 5.32 Å². The molecule has 1 aromatic heterocycles. The van der Waals surface area contributed by atoms with E-state index >= 15 is 0 Å². The second-order valence-electron chi connectivity index (χ2n) is 5.76. The van der Waals surface area contributed by atoms with E-state index in [-0.39, 0.29) is 5.91 Å². The maximum Gasteiger partial charge on any atom is 0.229 e. The molecule has 0 spiro atoms. The van der Waals surface area contributed by atoms with Crippen LogP contribution < -0.4 is 10.1 Å². The van der Waals surface area contributed by atoms with Crippen molar-refractivity contribution in [3.8, 4) is 5.75 Å². The number of alkyl halides is 1. The van der Waals surface area contributed by atoms with Crippen molar-refractivity contribution in [2.45, 2.75) is 12.8 Å². The fourth-order valence-corrected chi connectivity index (χ4v) is 4.42. The first-order valence-electron chi connectivity index (χ1n) is 8.16. The fourth-order valence-electron chi connectivity index (χ4n) is 2.88. The van der Waals surface area contributed by atoms with Crippen molar-refractivity contribution in [3.05, 3.63) is 64.5 Å². The highest BCUT2D eigenvalue weighted by atomic mass is 127. The molecule has 130 valence electrons. The second-order valence-corrected chi connectivity index (χ2v) is 7.66. The Morgan fingerprint density at radius 1 is 1.20 bits per heavy atom. The minimum absolute atomic E-state index is 0.0855. The molecular weight excluding hydrogens is 445 g/mol. The first kappa shape index (κ1) is 18.2. The fraction of sp³-hybridized carbons (Fsp3) is 0.250. The summed E-state index contributed by atoms with van der Waals surface area (Å²) in [4.78, 5) is 12.9. The predicted molar refractivity (Wildman–Crippen MR) is 113 cm³/mol. The van der Waals surface area contributed by atoms with Gasteiger partial charge in [0, 0.05) is 22.5 Å². The van der Waals surface area contributed by atoms with E-state index in [0.717, 1.165) is 18.6 Å². The molecule has 0 saturated heterocycles. The number of rotatable bonds is 7. The summed E-state index contributed by atoms with van der Waals surface area (Å²) in [7, 11) is 1.69. The summed E-state index contributed by atoms with van der Waals surface area (Å²) in [6, 6.07) is 16.7.